The van der Waals surface area contributed by atoms with Crippen molar-refractivity contribution in [1.29, 1.82) is 0 Å². The highest BCUT2D eigenvalue weighted by Gasteiger charge is 2.28. The molecule has 0 heterocycles. The molecule has 0 fully saturated rings. The fraction of sp³-hybridized carbons (Fsp3) is 0.278. The van der Waals surface area contributed by atoms with Gasteiger partial charge < -0.3 is 4.90 Å². The first-order valence-electron chi connectivity index (χ1n) is 7.19. The zero-order valence-corrected chi connectivity index (χ0v) is 12.3. The summed E-state index contributed by atoms with van der Waals surface area (Å²) in [5, 5.41) is 0. The molecule has 21 heavy (non-hydrogen) atoms. The highest BCUT2D eigenvalue weighted by atomic mass is 19.1. The number of hydrogen-bond donors (Lipinski definition) is 0. The number of amides is 1. The van der Waals surface area contributed by atoms with E-state index in [-0.39, 0.29) is 17.8 Å². The van der Waals surface area contributed by atoms with E-state index in [0.717, 1.165) is 12.8 Å². The summed E-state index contributed by atoms with van der Waals surface area (Å²) in [7, 11) is 1.80. The Morgan fingerprint density at radius 1 is 1.24 bits per heavy atom. The molecule has 0 spiro atoms. The molecule has 0 saturated heterocycles. The van der Waals surface area contributed by atoms with E-state index >= 15 is 0 Å². The first-order valence-corrected chi connectivity index (χ1v) is 7.19. The molecule has 2 aromatic rings. The summed E-state index contributed by atoms with van der Waals surface area (Å²) in [4.78, 5) is 14.3. The second-order valence-electron chi connectivity index (χ2n) is 5.63. The van der Waals surface area contributed by atoms with E-state index in [9.17, 15) is 9.18 Å². The van der Waals surface area contributed by atoms with E-state index in [1.807, 2.05) is 12.1 Å². The lowest BCUT2D eigenvalue weighted by molar-refractivity contribution is 0.0730. The summed E-state index contributed by atoms with van der Waals surface area (Å²) < 4.78 is 13.6. The molecule has 3 heteroatoms. The predicted octanol–water partition coefficient (Wildman–Crippen LogP) is 3.89. The molecular formula is C18H18FNO. The zero-order chi connectivity index (χ0) is 15.0. The fourth-order valence-corrected chi connectivity index (χ4v) is 3.01. The van der Waals surface area contributed by atoms with E-state index < -0.39 is 0 Å². The van der Waals surface area contributed by atoms with Gasteiger partial charge >= 0.3 is 0 Å². The molecule has 0 N–H and O–H groups in total. The van der Waals surface area contributed by atoms with Crippen LogP contribution in [0.15, 0.2) is 42.5 Å². The molecule has 0 unspecified atom stereocenters. The second kappa shape index (κ2) is 5.32. The Labute approximate surface area is 124 Å². The molecule has 0 aromatic heterocycles. The number of rotatable bonds is 2. The summed E-state index contributed by atoms with van der Waals surface area (Å²) >= 11 is 0. The first-order chi connectivity index (χ1) is 10.1. The number of benzene rings is 2. The monoisotopic (exact) mass is 283 g/mol. The Kier molecular flexibility index (Phi) is 3.50. The third-order valence-electron chi connectivity index (χ3n) is 4.31. The molecule has 2 aromatic carbocycles. The van der Waals surface area contributed by atoms with Gasteiger partial charge in [0.25, 0.3) is 5.91 Å². The quantitative estimate of drug-likeness (QED) is 0.818. The summed E-state index contributed by atoms with van der Waals surface area (Å²) in [5.41, 5.74) is 3.48. The van der Waals surface area contributed by atoms with Gasteiger partial charge in [0.05, 0.1) is 6.04 Å². The first kappa shape index (κ1) is 13.8. The summed E-state index contributed by atoms with van der Waals surface area (Å²) in [6.45, 7) is 1.69. The lowest BCUT2D eigenvalue weighted by Crippen LogP contribution is -2.30. The number of hydrogen-bond acceptors (Lipinski definition) is 1. The average molecular weight is 283 g/mol. The molecular weight excluding hydrogens is 265 g/mol. The van der Waals surface area contributed by atoms with Crippen LogP contribution in [0, 0.1) is 12.7 Å². The Balaban J connectivity index is 1.87. The van der Waals surface area contributed by atoms with Crippen molar-refractivity contribution < 1.29 is 9.18 Å². The van der Waals surface area contributed by atoms with E-state index in [0.29, 0.717) is 11.1 Å². The fourth-order valence-electron chi connectivity index (χ4n) is 3.01. The minimum Gasteiger partial charge on any atom is -0.335 e. The second-order valence-corrected chi connectivity index (χ2v) is 5.63. The van der Waals surface area contributed by atoms with Crippen LogP contribution < -0.4 is 0 Å². The molecule has 3 rings (SSSR count). The molecule has 1 amide bonds. The zero-order valence-electron chi connectivity index (χ0n) is 12.3. The minimum atomic E-state index is -0.332. The van der Waals surface area contributed by atoms with Crippen molar-refractivity contribution in [2.45, 2.75) is 25.8 Å². The molecule has 108 valence electrons. The maximum Gasteiger partial charge on any atom is 0.254 e. The Bertz CT molecular complexity index is 695. The van der Waals surface area contributed by atoms with Crippen LogP contribution in [0.5, 0.6) is 0 Å². The van der Waals surface area contributed by atoms with E-state index in [4.69, 9.17) is 0 Å². The average Bonchev–Trinajstić information content (AvgIpc) is 2.92. The van der Waals surface area contributed by atoms with E-state index in [1.165, 1.54) is 17.2 Å². The highest BCUT2D eigenvalue weighted by Crippen LogP contribution is 2.35. The Hall–Kier alpha value is -2.16. The molecule has 0 saturated carbocycles. The minimum absolute atomic E-state index is 0.0815. The molecule has 1 aliphatic rings. The lowest BCUT2D eigenvalue weighted by atomic mass is 10.1. The van der Waals surface area contributed by atoms with Gasteiger partial charge in [-0.25, -0.2) is 4.39 Å². The topological polar surface area (TPSA) is 20.3 Å². The Morgan fingerprint density at radius 2 is 2.00 bits per heavy atom. The standard InChI is InChI=1S/C18H18FNO/c1-12-7-8-14(11-16(12)19)18(21)20(2)17-10-9-13-5-3-4-6-15(13)17/h3-8,11,17H,9-10H2,1-2H3/t17-/m1/s1. The molecule has 1 aliphatic carbocycles. The lowest BCUT2D eigenvalue weighted by Gasteiger charge is -2.25. The summed E-state index contributed by atoms with van der Waals surface area (Å²) in [5.74, 6) is -0.461. The number of nitrogens with zero attached hydrogens (tertiary/aromatic N) is 1. The smallest absolute Gasteiger partial charge is 0.254 e. The van der Waals surface area contributed by atoms with Crippen LogP contribution in [0.3, 0.4) is 0 Å². The van der Waals surface area contributed by atoms with Gasteiger partial charge in [-0.1, -0.05) is 30.3 Å². The van der Waals surface area contributed by atoms with Crippen molar-refractivity contribution >= 4 is 5.91 Å². The number of halogens is 1. The van der Waals surface area contributed by atoms with Gasteiger partial charge in [0.2, 0.25) is 0 Å². The third kappa shape index (κ3) is 2.44. The summed E-state index contributed by atoms with van der Waals surface area (Å²) in [6, 6.07) is 13.0. The van der Waals surface area contributed by atoms with Crippen molar-refractivity contribution in [2.24, 2.45) is 0 Å². The maximum absolute atomic E-state index is 13.6. The molecule has 2 nitrogen and oxygen atoms in total. The normalized spacial score (nSPS) is 16.6. The van der Waals surface area contributed by atoms with Crippen LogP contribution in [-0.2, 0) is 6.42 Å². The number of aryl methyl sites for hydroxylation is 2. The third-order valence-corrected chi connectivity index (χ3v) is 4.31. The summed E-state index contributed by atoms with van der Waals surface area (Å²) in [6.07, 6.45) is 1.91. The van der Waals surface area contributed by atoms with Crippen molar-refractivity contribution in [2.75, 3.05) is 7.05 Å². The van der Waals surface area contributed by atoms with Crippen molar-refractivity contribution in [3.8, 4) is 0 Å². The van der Waals surface area contributed by atoms with Crippen LogP contribution in [0.1, 0.15) is 39.5 Å². The van der Waals surface area contributed by atoms with Crippen LogP contribution in [0.4, 0.5) is 4.39 Å². The van der Waals surface area contributed by atoms with E-state index in [2.05, 4.69) is 12.1 Å². The van der Waals surface area contributed by atoms with Gasteiger partial charge in [-0.15, -0.1) is 0 Å². The van der Waals surface area contributed by atoms with Crippen LogP contribution >= 0.6 is 0 Å². The highest BCUT2D eigenvalue weighted by molar-refractivity contribution is 5.94. The van der Waals surface area contributed by atoms with Crippen molar-refractivity contribution in [3.63, 3.8) is 0 Å². The number of fused-ring (bicyclic) bond motifs is 1. The van der Waals surface area contributed by atoms with Gasteiger partial charge in [-0.2, -0.15) is 0 Å². The van der Waals surface area contributed by atoms with Crippen molar-refractivity contribution in [3.05, 3.63) is 70.5 Å². The Morgan fingerprint density at radius 3 is 2.76 bits per heavy atom. The number of carbonyl (C=O) groups is 1. The largest absolute Gasteiger partial charge is 0.335 e. The SMILES string of the molecule is Cc1ccc(C(=O)N(C)[C@@H]2CCc3ccccc32)cc1F. The van der Waals surface area contributed by atoms with E-state index in [1.54, 1.807) is 31.0 Å². The van der Waals surface area contributed by atoms with Gasteiger partial charge in [0, 0.05) is 12.6 Å². The van der Waals surface area contributed by atoms with Crippen LogP contribution in [0.2, 0.25) is 0 Å². The molecule has 0 aliphatic heterocycles. The van der Waals surface area contributed by atoms with Gasteiger partial charge in [-0.05, 0) is 48.6 Å². The van der Waals surface area contributed by atoms with Crippen LogP contribution in [-0.4, -0.2) is 17.9 Å². The van der Waals surface area contributed by atoms with Gasteiger partial charge in [0.1, 0.15) is 5.82 Å². The molecule has 0 radical (unpaired) electrons. The van der Waals surface area contributed by atoms with Gasteiger partial charge in [0.15, 0.2) is 0 Å². The van der Waals surface area contributed by atoms with Crippen molar-refractivity contribution in [1.82, 2.24) is 4.90 Å². The maximum atomic E-state index is 13.6. The van der Waals surface area contributed by atoms with Crippen LogP contribution in [0.25, 0.3) is 0 Å². The number of carbonyl (C=O) groups excluding carboxylic acids is 1. The molecule has 1 atom stereocenters. The molecule has 0 bridgehead atoms. The predicted molar refractivity (Wildman–Crippen MR) is 80.7 cm³/mol. The van der Waals surface area contributed by atoms with Gasteiger partial charge in [-0.3, -0.25) is 4.79 Å².